The van der Waals surface area contributed by atoms with Gasteiger partial charge in [0.25, 0.3) is 0 Å². The Morgan fingerprint density at radius 3 is 2.64 bits per heavy atom. The summed E-state index contributed by atoms with van der Waals surface area (Å²) >= 11 is 6.01. The molecule has 0 aliphatic heterocycles. The molecular weight excluding hydrogens is 294 g/mol. The minimum Gasteiger partial charge on any atom is -0.489 e. The van der Waals surface area contributed by atoms with Crippen LogP contribution in [0.4, 0.5) is 0 Å². The Kier molecular flexibility index (Phi) is 4.12. The maximum Gasteiger partial charge on any atom is 0.121 e. The second kappa shape index (κ2) is 6.05. The van der Waals surface area contributed by atoms with Gasteiger partial charge in [0.2, 0.25) is 0 Å². The quantitative estimate of drug-likeness (QED) is 0.597. The molecule has 0 bridgehead atoms. The number of aromatic nitrogens is 1. The third-order valence-corrected chi connectivity index (χ3v) is 4.13. The summed E-state index contributed by atoms with van der Waals surface area (Å²) in [6.07, 6.45) is 2.20. The lowest BCUT2D eigenvalue weighted by Crippen LogP contribution is -1.98. The largest absolute Gasteiger partial charge is 0.489 e. The first-order valence-corrected chi connectivity index (χ1v) is 7.91. The van der Waals surface area contributed by atoms with E-state index in [1.54, 1.807) is 0 Å². The summed E-state index contributed by atoms with van der Waals surface area (Å²) < 4.78 is 8.24. The zero-order valence-electron chi connectivity index (χ0n) is 13.1. The summed E-state index contributed by atoms with van der Waals surface area (Å²) in [4.78, 5) is 0. The topological polar surface area (TPSA) is 14.2 Å². The Morgan fingerprint density at radius 1 is 1.14 bits per heavy atom. The Hall–Kier alpha value is -1.93. The highest BCUT2D eigenvalue weighted by molar-refractivity contribution is 6.30. The van der Waals surface area contributed by atoms with Gasteiger partial charge in [-0.2, -0.15) is 0 Å². The van der Waals surface area contributed by atoms with Crippen molar-refractivity contribution < 1.29 is 4.74 Å². The third kappa shape index (κ3) is 2.84. The molecule has 3 aromatic rings. The summed E-state index contributed by atoms with van der Waals surface area (Å²) in [5, 5.41) is 1.98. The molecule has 3 rings (SSSR count). The molecule has 2 nitrogen and oxygen atoms in total. The SMILES string of the molecule is Cc1cccc2c1c(COc1cccc(Cl)c1)cn2C(C)C. The van der Waals surface area contributed by atoms with E-state index in [1.165, 1.54) is 22.0 Å². The fourth-order valence-corrected chi connectivity index (χ4v) is 3.02. The molecular formula is C19H20ClNO. The van der Waals surface area contributed by atoms with E-state index in [0.717, 1.165) is 5.75 Å². The van der Waals surface area contributed by atoms with Crippen LogP contribution in [0.15, 0.2) is 48.7 Å². The standard InChI is InChI=1S/C19H20ClNO/c1-13(2)21-11-15(19-14(3)6-4-9-18(19)21)12-22-17-8-5-7-16(20)10-17/h4-11,13H,12H2,1-3H3. The highest BCUT2D eigenvalue weighted by atomic mass is 35.5. The highest BCUT2D eigenvalue weighted by Gasteiger charge is 2.12. The van der Waals surface area contributed by atoms with Crippen molar-refractivity contribution in [1.29, 1.82) is 0 Å². The number of fused-ring (bicyclic) bond motifs is 1. The first-order chi connectivity index (χ1) is 10.6. The van der Waals surface area contributed by atoms with E-state index >= 15 is 0 Å². The predicted molar refractivity (Wildman–Crippen MR) is 92.8 cm³/mol. The minimum absolute atomic E-state index is 0.421. The van der Waals surface area contributed by atoms with Gasteiger partial charge in [0, 0.05) is 33.7 Å². The zero-order chi connectivity index (χ0) is 15.7. The second-order valence-corrected chi connectivity index (χ2v) is 6.31. The van der Waals surface area contributed by atoms with E-state index in [9.17, 15) is 0 Å². The first-order valence-electron chi connectivity index (χ1n) is 7.53. The Bertz CT molecular complexity index is 804. The molecule has 0 fully saturated rings. The molecule has 0 saturated heterocycles. The molecule has 0 aliphatic carbocycles. The van der Waals surface area contributed by atoms with Gasteiger partial charge in [-0.05, 0) is 50.6 Å². The Labute approximate surface area is 136 Å². The third-order valence-electron chi connectivity index (χ3n) is 3.89. The van der Waals surface area contributed by atoms with Gasteiger partial charge in [-0.25, -0.2) is 0 Å². The lowest BCUT2D eigenvalue weighted by molar-refractivity contribution is 0.307. The maximum atomic E-state index is 6.01. The molecule has 1 heterocycles. The van der Waals surface area contributed by atoms with Crippen LogP contribution in [0.25, 0.3) is 10.9 Å². The fraction of sp³-hybridized carbons (Fsp3) is 0.263. The van der Waals surface area contributed by atoms with E-state index in [2.05, 4.69) is 49.7 Å². The number of hydrogen-bond donors (Lipinski definition) is 0. The van der Waals surface area contributed by atoms with Crippen LogP contribution in [0.2, 0.25) is 5.02 Å². The summed E-state index contributed by atoms with van der Waals surface area (Å²) in [7, 11) is 0. The summed E-state index contributed by atoms with van der Waals surface area (Å²) in [6.45, 7) is 7.09. The summed E-state index contributed by atoms with van der Waals surface area (Å²) in [5.74, 6) is 0.798. The summed E-state index contributed by atoms with van der Waals surface area (Å²) in [5.41, 5.74) is 3.75. The van der Waals surface area contributed by atoms with E-state index in [1.807, 2.05) is 24.3 Å². The number of nitrogens with zero attached hydrogens (tertiary/aromatic N) is 1. The summed E-state index contributed by atoms with van der Waals surface area (Å²) in [6, 6.07) is 14.4. The number of ether oxygens (including phenoxy) is 1. The van der Waals surface area contributed by atoms with Gasteiger partial charge in [-0.1, -0.05) is 29.8 Å². The van der Waals surface area contributed by atoms with Gasteiger partial charge >= 0.3 is 0 Å². The van der Waals surface area contributed by atoms with Crippen molar-refractivity contribution in [2.24, 2.45) is 0 Å². The minimum atomic E-state index is 0.421. The van der Waals surface area contributed by atoms with Crippen molar-refractivity contribution in [3.8, 4) is 5.75 Å². The molecule has 0 N–H and O–H groups in total. The van der Waals surface area contributed by atoms with Crippen molar-refractivity contribution >= 4 is 22.5 Å². The Morgan fingerprint density at radius 2 is 1.91 bits per heavy atom. The zero-order valence-corrected chi connectivity index (χ0v) is 13.9. The normalized spacial score (nSPS) is 11.3. The van der Waals surface area contributed by atoms with Crippen LogP contribution in [0, 0.1) is 6.92 Å². The average molecular weight is 314 g/mol. The number of aryl methyl sites for hydroxylation is 1. The van der Waals surface area contributed by atoms with Gasteiger partial charge in [-0.3, -0.25) is 0 Å². The average Bonchev–Trinajstić information content (AvgIpc) is 2.86. The predicted octanol–water partition coefficient (Wildman–Crippen LogP) is 5.76. The molecule has 0 amide bonds. The molecule has 0 saturated carbocycles. The molecule has 0 radical (unpaired) electrons. The molecule has 0 aliphatic rings. The molecule has 114 valence electrons. The molecule has 0 unspecified atom stereocenters. The molecule has 22 heavy (non-hydrogen) atoms. The van der Waals surface area contributed by atoms with Gasteiger partial charge in [-0.15, -0.1) is 0 Å². The van der Waals surface area contributed by atoms with Crippen LogP contribution >= 0.6 is 11.6 Å². The van der Waals surface area contributed by atoms with E-state index in [4.69, 9.17) is 16.3 Å². The monoisotopic (exact) mass is 313 g/mol. The van der Waals surface area contributed by atoms with Crippen molar-refractivity contribution in [2.75, 3.05) is 0 Å². The van der Waals surface area contributed by atoms with Gasteiger partial charge < -0.3 is 9.30 Å². The van der Waals surface area contributed by atoms with E-state index in [-0.39, 0.29) is 0 Å². The molecule has 2 aromatic carbocycles. The van der Waals surface area contributed by atoms with Crippen molar-refractivity contribution in [3.05, 3.63) is 64.8 Å². The number of hydrogen-bond acceptors (Lipinski definition) is 1. The molecule has 0 atom stereocenters. The van der Waals surface area contributed by atoms with Gasteiger partial charge in [0.15, 0.2) is 0 Å². The Balaban J connectivity index is 1.96. The fourth-order valence-electron chi connectivity index (χ4n) is 2.84. The van der Waals surface area contributed by atoms with E-state index in [0.29, 0.717) is 17.7 Å². The number of rotatable bonds is 4. The number of benzene rings is 2. The van der Waals surface area contributed by atoms with Gasteiger partial charge in [0.1, 0.15) is 12.4 Å². The second-order valence-electron chi connectivity index (χ2n) is 5.87. The molecule has 3 heteroatoms. The molecule has 1 aromatic heterocycles. The van der Waals surface area contributed by atoms with E-state index < -0.39 is 0 Å². The van der Waals surface area contributed by atoms with Crippen LogP contribution < -0.4 is 4.74 Å². The lowest BCUT2D eigenvalue weighted by atomic mass is 10.1. The van der Waals surface area contributed by atoms with Crippen LogP contribution in [0.5, 0.6) is 5.75 Å². The van der Waals surface area contributed by atoms with Crippen molar-refractivity contribution in [1.82, 2.24) is 4.57 Å². The van der Waals surface area contributed by atoms with Crippen molar-refractivity contribution in [2.45, 2.75) is 33.4 Å². The van der Waals surface area contributed by atoms with Gasteiger partial charge in [0.05, 0.1) is 0 Å². The van der Waals surface area contributed by atoms with Crippen LogP contribution in [-0.4, -0.2) is 4.57 Å². The van der Waals surface area contributed by atoms with Crippen LogP contribution in [0.3, 0.4) is 0 Å². The number of halogens is 1. The van der Waals surface area contributed by atoms with Crippen LogP contribution in [0.1, 0.15) is 31.0 Å². The van der Waals surface area contributed by atoms with Crippen molar-refractivity contribution in [3.63, 3.8) is 0 Å². The highest BCUT2D eigenvalue weighted by Crippen LogP contribution is 2.29. The molecule has 0 spiro atoms. The van der Waals surface area contributed by atoms with Crippen LogP contribution in [-0.2, 0) is 6.61 Å². The smallest absolute Gasteiger partial charge is 0.121 e. The lowest BCUT2D eigenvalue weighted by Gasteiger charge is -2.09. The maximum absolute atomic E-state index is 6.01. The first kappa shape index (κ1) is 15.0.